The molecule has 130 valence electrons. The molecule has 1 aliphatic carbocycles. The van der Waals surface area contributed by atoms with E-state index in [4.69, 9.17) is 23.7 Å². The highest BCUT2D eigenvalue weighted by Gasteiger charge is 2.47. The van der Waals surface area contributed by atoms with Crippen molar-refractivity contribution in [3.05, 3.63) is 41.4 Å². The van der Waals surface area contributed by atoms with Crippen LogP contribution in [0.1, 0.15) is 5.56 Å². The molecule has 0 spiro atoms. The molecule has 1 N–H and O–H groups in total. The van der Waals surface area contributed by atoms with Crippen molar-refractivity contribution in [1.29, 1.82) is 0 Å². The third-order valence-corrected chi connectivity index (χ3v) is 3.87. The fourth-order valence-electron chi connectivity index (χ4n) is 2.73. The quantitative estimate of drug-likeness (QED) is 0.849. The number of rotatable bonds is 6. The van der Waals surface area contributed by atoms with Gasteiger partial charge in [-0.05, 0) is 12.1 Å². The minimum absolute atomic E-state index is 0.146. The van der Waals surface area contributed by atoms with Crippen LogP contribution < -0.4 is 9.47 Å². The first-order valence-electron chi connectivity index (χ1n) is 7.05. The number of phenols is 1. The number of ether oxygens (including phenoxy) is 5. The van der Waals surface area contributed by atoms with Crippen LogP contribution in [0.15, 0.2) is 35.8 Å². The molecule has 0 amide bonds. The van der Waals surface area contributed by atoms with Crippen LogP contribution in [0.3, 0.4) is 0 Å². The summed E-state index contributed by atoms with van der Waals surface area (Å²) in [5, 5.41) is 10.1. The number of allylic oxidation sites excluding steroid dienone is 2. The fraction of sp³-hybridized carbons (Fsp3) is 0.353. The van der Waals surface area contributed by atoms with Crippen LogP contribution >= 0.6 is 0 Å². The largest absolute Gasteiger partial charge is 0.502 e. The van der Waals surface area contributed by atoms with E-state index in [-0.39, 0.29) is 34.6 Å². The molecule has 1 aromatic rings. The van der Waals surface area contributed by atoms with Gasteiger partial charge in [-0.3, -0.25) is 4.79 Å². The number of phenolic OH excluding ortho intramolecular Hbond substituents is 1. The Morgan fingerprint density at radius 3 is 1.62 bits per heavy atom. The van der Waals surface area contributed by atoms with Crippen LogP contribution in [0.5, 0.6) is 17.2 Å². The van der Waals surface area contributed by atoms with E-state index in [1.54, 1.807) is 12.1 Å². The fourth-order valence-corrected chi connectivity index (χ4v) is 2.73. The Bertz CT molecular complexity index is 654. The number of hydrogen-bond donors (Lipinski definition) is 1. The average molecular weight is 336 g/mol. The molecular weight excluding hydrogens is 316 g/mol. The standard InChI is InChI=1S/C17H20O7/c1-20-12-6-10(7-13(21-2)16(12)19)17(24-5)14(22-3)8-11(18)9-15(17)23-4/h6-9,19H,1-5H3. The number of benzene rings is 1. The average Bonchev–Trinajstić information content (AvgIpc) is 2.61. The van der Waals surface area contributed by atoms with Crippen LogP contribution in [-0.2, 0) is 24.6 Å². The van der Waals surface area contributed by atoms with E-state index >= 15 is 0 Å². The van der Waals surface area contributed by atoms with Gasteiger partial charge in [-0.25, -0.2) is 0 Å². The van der Waals surface area contributed by atoms with Crippen molar-refractivity contribution in [3.8, 4) is 17.2 Å². The maximum absolute atomic E-state index is 11.9. The van der Waals surface area contributed by atoms with Gasteiger partial charge in [0.25, 0.3) is 0 Å². The minimum atomic E-state index is -1.31. The number of aromatic hydroxyl groups is 1. The molecule has 0 saturated carbocycles. The molecule has 7 nitrogen and oxygen atoms in total. The molecule has 0 unspecified atom stereocenters. The molecule has 0 bridgehead atoms. The summed E-state index contributed by atoms with van der Waals surface area (Å²) in [6, 6.07) is 3.13. The lowest BCUT2D eigenvalue weighted by Crippen LogP contribution is -2.38. The smallest absolute Gasteiger partial charge is 0.207 e. The van der Waals surface area contributed by atoms with E-state index in [2.05, 4.69) is 0 Å². The van der Waals surface area contributed by atoms with Crippen molar-refractivity contribution in [3.63, 3.8) is 0 Å². The summed E-state index contributed by atoms with van der Waals surface area (Å²) >= 11 is 0. The third kappa shape index (κ3) is 2.56. The molecule has 0 radical (unpaired) electrons. The number of carbonyl (C=O) groups excluding carboxylic acids is 1. The van der Waals surface area contributed by atoms with Gasteiger partial charge >= 0.3 is 0 Å². The van der Waals surface area contributed by atoms with Gasteiger partial charge in [-0.1, -0.05) is 0 Å². The van der Waals surface area contributed by atoms with Gasteiger partial charge in [0.05, 0.1) is 28.4 Å². The van der Waals surface area contributed by atoms with Crippen molar-refractivity contribution >= 4 is 5.78 Å². The number of carbonyl (C=O) groups is 1. The molecular formula is C17H20O7. The van der Waals surface area contributed by atoms with Crippen LogP contribution in [-0.4, -0.2) is 46.4 Å². The molecule has 0 atom stereocenters. The van der Waals surface area contributed by atoms with Crippen molar-refractivity contribution in [2.45, 2.75) is 5.60 Å². The zero-order valence-corrected chi connectivity index (χ0v) is 14.2. The first kappa shape index (κ1) is 17.7. The SMILES string of the molecule is COC1=CC(=O)C=C(OC)C1(OC)c1cc(OC)c(O)c(OC)c1. The lowest BCUT2D eigenvalue weighted by atomic mass is 9.84. The lowest BCUT2D eigenvalue weighted by Gasteiger charge is -2.37. The molecule has 0 fully saturated rings. The molecule has 0 aromatic heterocycles. The Morgan fingerprint density at radius 1 is 0.833 bits per heavy atom. The highest BCUT2D eigenvalue weighted by atomic mass is 16.6. The second-order valence-electron chi connectivity index (χ2n) is 4.94. The summed E-state index contributed by atoms with van der Waals surface area (Å²) in [5.74, 6) is 0.419. The zero-order valence-electron chi connectivity index (χ0n) is 14.2. The van der Waals surface area contributed by atoms with Crippen molar-refractivity contribution in [1.82, 2.24) is 0 Å². The predicted octanol–water partition coefficient (Wildman–Crippen LogP) is 1.89. The highest BCUT2D eigenvalue weighted by Crippen LogP contribution is 2.47. The Balaban J connectivity index is 2.79. The second-order valence-corrected chi connectivity index (χ2v) is 4.94. The Morgan fingerprint density at radius 2 is 1.29 bits per heavy atom. The van der Waals surface area contributed by atoms with E-state index in [1.807, 2.05) is 0 Å². The first-order chi connectivity index (χ1) is 11.5. The van der Waals surface area contributed by atoms with Crippen LogP contribution in [0.2, 0.25) is 0 Å². The van der Waals surface area contributed by atoms with Gasteiger partial charge < -0.3 is 28.8 Å². The topological polar surface area (TPSA) is 83.5 Å². The van der Waals surface area contributed by atoms with Crippen LogP contribution in [0, 0.1) is 0 Å². The summed E-state index contributed by atoms with van der Waals surface area (Å²) in [4.78, 5) is 11.9. The van der Waals surface area contributed by atoms with Gasteiger partial charge in [0.2, 0.25) is 11.4 Å². The molecule has 0 heterocycles. The van der Waals surface area contributed by atoms with Gasteiger partial charge in [0, 0.05) is 24.8 Å². The predicted molar refractivity (Wildman–Crippen MR) is 85.1 cm³/mol. The van der Waals surface area contributed by atoms with Crippen LogP contribution in [0.25, 0.3) is 0 Å². The summed E-state index contributed by atoms with van der Waals surface area (Å²) in [6.45, 7) is 0. The summed E-state index contributed by atoms with van der Waals surface area (Å²) in [7, 11) is 7.16. The van der Waals surface area contributed by atoms with Gasteiger partial charge in [0.15, 0.2) is 17.3 Å². The summed E-state index contributed by atoms with van der Waals surface area (Å²) < 4.78 is 26.9. The molecule has 1 aromatic carbocycles. The highest BCUT2D eigenvalue weighted by molar-refractivity contribution is 6.01. The lowest BCUT2D eigenvalue weighted by molar-refractivity contribution is -0.112. The van der Waals surface area contributed by atoms with E-state index in [9.17, 15) is 9.90 Å². The van der Waals surface area contributed by atoms with E-state index in [0.29, 0.717) is 5.56 Å². The van der Waals surface area contributed by atoms with Crippen LogP contribution in [0.4, 0.5) is 0 Å². The third-order valence-electron chi connectivity index (χ3n) is 3.87. The molecule has 2 rings (SSSR count). The minimum Gasteiger partial charge on any atom is -0.502 e. The molecule has 0 aliphatic heterocycles. The number of hydrogen-bond acceptors (Lipinski definition) is 7. The Kier molecular flexibility index (Phi) is 5.04. The van der Waals surface area contributed by atoms with Crippen molar-refractivity contribution in [2.75, 3.05) is 35.5 Å². The molecule has 0 saturated heterocycles. The normalized spacial score (nSPS) is 16.1. The van der Waals surface area contributed by atoms with Gasteiger partial charge in [-0.2, -0.15) is 0 Å². The molecule has 7 heteroatoms. The van der Waals surface area contributed by atoms with Crippen molar-refractivity contribution < 1.29 is 33.6 Å². The molecule has 24 heavy (non-hydrogen) atoms. The monoisotopic (exact) mass is 336 g/mol. The summed E-state index contributed by atoms with van der Waals surface area (Å²) in [5.41, 5.74) is -0.809. The maximum Gasteiger partial charge on any atom is 0.207 e. The number of methoxy groups -OCH3 is 5. The first-order valence-corrected chi connectivity index (χ1v) is 7.05. The molecule has 1 aliphatic rings. The summed E-state index contributed by atoms with van der Waals surface area (Å²) in [6.07, 6.45) is 2.63. The van der Waals surface area contributed by atoms with Crippen molar-refractivity contribution in [2.24, 2.45) is 0 Å². The number of ketones is 1. The second kappa shape index (κ2) is 6.84. The Labute approximate surface area is 140 Å². The van der Waals surface area contributed by atoms with E-state index in [0.717, 1.165) is 0 Å². The van der Waals surface area contributed by atoms with Gasteiger partial charge in [-0.15, -0.1) is 0 Å². The van der Waals surface area contributed by atoms with Gasteiger partial charge in [0.1, 0.15) is 11.5 Å². The van der Waals surface area contributed by atoms with E-state index in [1.165, 1.54) is 47.7 Å². The van der Waals surface area contributed by atoms with E-state index < -0.39 is 5.60 Å². The maximum atomic E-state index is 11.9. The zero-order chi connectivity index (χ0) is 17.9. The Hall–Kier alpha value is -2.67.